The second-order valence-electron chi connectivity index (χ2n) is 4.33. The van der Waals surface area contributed by atoms with Gasteiger partial charge in [0.25, 0.3) is 5.91 Å². The largest absolute Gasteiger partial charge is 0.346 e. The molecular formula is C14H16N2OS. The smallest absolute Gasteiger partial charge is 0.280 e. The van der Waals surface area contributed by atoms with Crippen LogP contribution in [0.4, 0.5) is 0 Å². The Labute approximate surface area is 111 Å². The van der Waals surface area contributed by atoms with Crippen LogP contribution < -0.4 is 5.32 Å². The Kier molecular flexibility index (Phi) is 3.77. The minimum Gasteiger partial charge on any atom is -0.346 e. The van der Waals surface area contributed by atoms with Crippen LogP contribution >= 0.6 is 11.3 Å². The number of hydrogen-bond donors (Lipinski definition) is 1. The van der Waals surface area contributed by atoms with E-state index in [9.17, 15) is 4.79 Å². The molecule has 1 N–H and O–H groups in total. The molecule has 0 aliphatic heterocycles. The summed E-state index contributed by atoms with van der Waals surface area (Å²) in [7, 11) is 0. The van der Waals surface area contributed by atoms with Gasteiger partial charge in [-0.1, -0.05) is 29.8 Å². The SMILES string of the molecule is Cc1ccc(CNC(=O)c2nc(C)c(C)s2)cc1. The first kappa shape index (κ1) is 12.8. The monoisotopic (exact) mass is 260 g/mol. The molecule has 1 aromatic heterocycles. The quantitative estimate of drug-likeness (QED) is 0.921. The molecule has 0 atom stereocenters. The van der Waals surface area contributed by atoms with Crippen molar-refractivity contribution in [2.45, 2.75) is 27.3 Å². The van der Waals surface area contributed by atoms with Crippen molar-refractivity contribution in [3.63, 3.8) is 0 Å². The predicted octanol–water partition coefficient (Wildman–Crippen LogP) is 3.00. The topological polar surface area (TPSA) is 42.0 Å². The number of nitrogens with one attached hydrogen (secondary N) is 1. The van der Waals surface area contributed by atoms with E-state index < -0.39 is 0 Å². The summed E-state index contributed by atoms with van der Waals surface area (Å²) in [5.74, 6) is -0.100. The Balaban J connectivity index is 1.98. The van der Waals surface area contributed by atoms with E-state index >= 15 is 0 Å². The first-order valence-corrected chi connectivity index (χ1v) is 6.65. The summed E-state index contributed by atoms with van der Waals surface area (Å²) in [4.78, 5) is 17.2. The summed E-state index contributed by atoms with van der Waals surface area (Å²) in [5, 5.41) is 3.42. The van der Waals surface area contributed by atoms with Crippen LogP contribution in [0.2, 0.25) is 0 Å². The van der Waals surface area contributed by atoms with Crippen LogP contribution in [0, 0.1) is 20.8 Å². The molecule has 1 heterocycles. The number of aromatic nitrogens is 1. The highest BCUT2D eigenvalue weighted by molar-refractivity contribution is 7.13. The summed E-state index contributed by atoms with van der Waals surface area (Å²) < 4.78 is 0. The molecule has 0 aliphatic rings. The molecule has 0 bridgehead atoms. The number of rotatable bonds is 3. The van der Waals surface area contributed by atoms with Gasteiger partial charge in [0, 0.05) is 11.4 Å². The third-order valence-corrected chi connectivity index (χ3v) is 3.87. The number of thiazole rings is 1. The second kappa shape index (κ2) is 5.31. The van der Waals surface area contributed by atoms with E-state index in [4.69, 9.17) is 0 Å². The molecule has 0 radical (unpaired) electrons. The minimum absolute atomic E-state index is 0.100. The molecule has 0 saturated carbocycles. The molecule has 2 aromatic rings. The number of amides is 1. The number of carbonyl (C=O) groups excluding carboxylic acids is 1. The van der Waals surface area contributed by atoms with Gasteiger partial charge >= 0.3 is 0 Å². The molecule has 0 unspecified atom stereocenters. The average Bonchev–Trinajstić information content (AvgIpc) is 2.69. The lowest BCUT2D eigenvalue weighted by Gasteiger charge is -2.03. The van der Waals surface area contributed by atoms with Crippen molar-refractivity contribution in [2.75, 3.05) is 0 Å². The van der Waals surface area contributed by atoms with E-state index in [1.807, 2.05) is 45.0 Å². The molecule has 4 heteroatoms. The highest BCUT2D eigenvalue weighted by Crippen LogP contribution is 2.16. The van der Waals surface area contributed by atoms with Gasteiger partial charge in [-0.25, -0.2) is 4.98 Å². The molecule has 1 aromatic carbocycles. The Morgan fingerprint density at radius 3 is 2.44 bits per heavy atom. The lowest BCUT2D eigenvalue weighted by atomic mass is 10.1. The van der Waals surface area contributed by atoms with Gasteiger partial charge in [0.15, 0.2) is 5.01 Å². The summed E-state index contributed by atoms with van der Waals surface area (Å²) in [6.45, 7) is 6.48. The van der Waals surface area contributed by atoms with Gasteiger partial charge in [-0.05, 0) is 26.3 Å². The average molecular weight is 260 g/mol. The number of carbonyl (C=O) groups is 1. The van der Waals surface area contributed by atoms with Crippen LogP contribution in [0.25, 0.3) is 0 Å². The van der Waals surface area contributed by atoms with Gasteiger partial charge in [0.2, 0.25) is 0 Å². The fraction of sp³-hybridized carbons (Fsp3) is 0.286. The van der Waals surface area contributed by atoms with Crippen molar-refractivity contribution < 1.29 is 4.79 Å². The third kappa shape index (κ3) is 2.96. The van der Waals surface area contributed by atoms with Crippen LogP contribution in [-0.2, 0) is 6.54 Å². The second-order valence-corrected chi connectivity index (χ2v) is 5.53. The molecular weight excluding hydrogens is 244 g/mol. The molecule has 1 amide bonds. The van der Waals surface area contributed by atoms with Crippen molar-refractivity contribution in [1.29, 1.82) is 0 Å². The van der Waals surface area contributed by atoms with Gasteiger partial charge in [-0.15, -0.1) is 11.3 Å². The van der Waals surface area contributed by atoms with E-state index in [2.05, 4.69) is 10.3 Å². The van der Waals surface area contributed by atoms with Crippen LogP contribution in [0.5, 0.6) is 0 Å². The van der Waals surface area contributed by atoms with Crippen molar-refractivity contribution in [3.8, 4) is 0 Å². The van der Waals surface area contributed by atoms with Crippen LogP contribution in [0.15, 0.2) is 24.3 Å². The zero-order valence-corrected chi connectivity index (χ0v) is 11.6. The maximum Gasteiger partial charge on any atom is 0.280 e. The van der Waals surface area contributed by atoms with E-state index in [-0.39, 0.29) is 5.91 Å². The third-order valence-electron chi connectivity index (χ3n) is 2.80. The number of nitrogens with zero attached hydrogens (tertiary/aromatic N) is 1. The van der Waals surface area contributed by atoms with Crippen LogP contribution in [0.1, 0.15) is 31.5 Å². The Morgan fingerprint density at radius 2 is 1.89 bits per heavy atom. The van der Waals surface area contributed by atoms with Gasteiger partial charge in [0.1, 0.15) is 0 Å². The zero-order valence-electron chi connectivity index (χ0n) is 10.8. The first-order valence-electron chi connectivity index (χ1n) is 5.84. The minimum atomic E-state index is -0.100. The molecule has 2 rings (SSSR count). The maximum atomic E-state index is 11.9. The van der Waals surface area contributed by atoms with Gasteiger partial charge in [-0.2, -0.15) is 0 Å². The molecule has 18 heavy (non-hydrogen) atoms. The summed E-state index contributed by atoms with van der Waals surface area (Å²) in [5.41, 5.74) is 3.25. The number of hydrogen-bond acceptors (Lipinski definition) is 3. The summed E-state index contributed by atoms with van der Waals surface area (Å²) in [6.07, 6.45) is 0. The zero-order chi connectivity index (χ0) is 13.1. The molecule has 0 fully saturated rings. The van der Waals surface area contributed by atoms with E-state index in [0.717, 1.165) is 16.1 Å². The molecule has 0 saturated heterocycles. The maximum absolute atomic E-state index is 11.9. The predicted molar refractivity (Wildman–Crippen MR) is 73.9 cm³/mol. The Bertz CT molecular complexity index is 538. The van der Waals surface area contributed by atoms with E-state index in [1.54, 1.807) is 0 Å². The molecule has 0 spiro atoms. The fourth-order valence-electron chi connectivity index (χ4n) is 1.53. The fourth-order valence-corrected chi connectivity index (χ4v) is 2.36. The summed E-state index contributed by atoms with van der Waals surface area (Å²) in [6, 6.07) is 8.13. The molecule has 94 valence electrons. The molecule has 0 aliphatic carbocycles. The Morgan fingerprint density at radius 1 is 1.22 bits per heavy atom. The van der Waals surface area contributed by atoms with Gasteiger partial charge < -0.3 is 5.32 Å². The van der Waals surface area contributed by atoms with Crippen molar-refractivity contribution in [1.82, 2.24) is 10.3 Å². The van der Waals surface area contributed by atoms with Crippen LogP contribution in [-0.4, -0.2) is 10.9 Å². The lowest BCUT2D eigenvalue weighted by Crippen LogP contribution is -2.22. The lowest BCUT2D eigenvalue weighted by molar-refractivity contribution is 0.0950. The van der Waals surface area contributed by atoms with E-state index in [0.29, 0.717) is 11.6 Å². The Hall–Kier alpha value is -1.68. The van der Waals surface area contributed by atoms with Gasteiger partial charge in [0.05, 0.1) is 5.69 Å². The highest BCUT2D eigenvalue weighted by Gasteiger charge is 2.11. The molecule has 3 nitrogen and oxygen atoms in total. The van der Waals surface area contributed by atoms with Crippen molar-refractivity contribution in [2.24, 2.45) is 0 Å². The first-order chi connectivity index (χ1) is 8.56. The van der Waals surface area contributed by atoms with Crippen molar-refractivity contribution >= 4 is 17.2 Å². The standard InChI is InChI=1S/C14H16N2OS/c1-9-4-6-12(7-5-9)8-15-13(17)14-16-10(2)11(3)18-14/h4-7H,8H2,1-3H3,(H,15,17). The number of aryl methyl sites for hydroxylation is 3. The number of benzene rings is 1. The van der Waals surface area contributed by atoms with E-state index in [1.165, 1.54) is 16.9 Å². The van der Waals surface area contributed by atoms with Crippen molar-refractivity contribution in [3.05, 3.63) is 51.0 Å². The summed E-state index contributed by atoms with van der Waals surface area (Å²) >= 11 is 1.44. The van der Waals surface area contributed by atoms with Gasteiger partial charge in [-0.3, -0.25) is 4.79 Å². The highest BCUT2D eigenvalue weighted by atomic mass is 32.1. The normalized spacial score (nSPS) is 10.4. The van der Waals surface area contributed by atoms with Crippen LogP contribution in [0.3, 0.4) is 0 Å².